The van der Waals surface area contributed by atoms with Crippen molar-refractivity contribution in [2.45, 2.75) is 23.9 Å². The van der Waals surface area contributed by atoms with E-state index in [2.05, 4.69) is 30.2 Å². The molecule has 1 atom stereocenters. The zero-order valence-corrected chi connectivity index (χ0v) is 16.6. The van der Waals surface area contributed by atoms with Crippen molar-refractivity contribution in [2.75, 3.05) is 0 Å². The third-order valence-electron chi connectivity index (χ3n) is 4.12. The van der Waals surface area contributed by atoms with E-state index in [1.54, 1.807) is 23.3 Å². The molecule has 0 saturated carbocycles. The number of thiophene rings is 1. The zero-order chi connectivity index (χ0) is 19.8. The van der Waals surface area contributed by atoms with Crippen LogP contribution in [0.2, 0.25) is 0 Å². The molecule has 0 aliphatic rings. The van der Waals surface area contributed by atoms with E-state index in [0.717, 1.165) is 5.56 Å². The van der Waals surface area contributed by atoms with Crippen molar-refractivity contribution in [1.29, 1.82) is 0 Å². The van der Waals surface area contributed by atoms with Gasteiger partial charge in [-0.25, -0.2) is 14.6 Å². The van der Waals surface area contributed by atoms with Crippen LogP contribution in [0, 0.1) is 0 Å². The van der Waals surface area contributed by atoms with Crippen LogP contribution in [0.4, 0.5) is 0 Å². The maximum atomic E-state index is 12.7. The summed E-state index contributed by atoms with van der Waals surface area (Å²) in [5, 5.41) is 14.7. The van der Waals surface area contributed by atoms with Crippen LogP contribution >= 0.6 is 23.1 Å². The van der Waals surface area contributed by atoms with Gasteiger partial charge >= 0.3 is 0 Å². The summed E-state index contributed by atoms with van der Waals surface area (Å²) in [6.45, 7) is 2.25. The Morgan fingerprint density at radius 1 is 1.38 bits per heavy atom. The topological polar surface area (TPSA) is 129 Å². The number of fused-ring (bicyclic) bond motifs is 1. The smallest absolute Gasteiger partial charge is 0.277 e. The Labute approximate surface area is 171 Å². The minimum atomic E-state index is -0.206. The number of aromatic amines is 1. The molecule has 0 aromatic carbocycles. The van der Waals surface area contributed by atoms with Gasteiger partial charge in [-0.1, -0.05) is 11.8 Å². The van der Waals surface area contributed by atoms with E-state index in [0.29, 0.717) is 39.5 Å². The number of thioether (sulfide) groups is 1. The zero-order valence-electron chi connectivity index (χ0n) is 15.0. The maximum absolute atomic E-state index is 12.7. The second-order valence-corrected chi connectivity index (χ2v) is 8.22. The van der Waals surface area contributed by atoms with Crippen molar-refractivity contribution in [1.82, 2.24) is 34.9 Å². The molecule has 1 N–H and O–H groups in total. The Hall–Kier alpha value is -3.25. The molecule has 5 rings (SSSR count). The number of nitrogens with zero attached hydrogens (tertiary/aromatic N) is 6. The average molecular weight is 427 g/mol. The Morgan fingerprint density at radius 3 is 3.10 bits per heavy atom. The van der Waals surface area contributed by atoms with Crippen LogP contribution in [0.3, 0.4) is 0 Å². The normalized spacial score (nSPS) is 12.6. The van der Waals surface area contributed by atoms with Crippen molar-refractivity contribution in [3.05, 3.63) is 58.5 Å². The summed E-state index contributed by atoms with van der Waals surface area (Å²) >= 11 is 2.72. The first kappa shape index (κ1) is 17.8. The lowest BCUT2D eigenvalue weighted by atomic mass is 10.2. The molecule has 0 fully saturated rings. The van der Waals surface area contributed by atoms with Crippen molar-refractivity contribution in [3.8, 4) is 11.3 Å². The summed E-state index contributed by atoms with van der Waals surface area (Å²) in [5.41, 5.74) is 0.535. The van der Waals surface area contributed by atoms with Gasteiger partial charge in [-0.2, -0.15) is 5.10 Å². The van der Waals surface area contributed by atoms with E-state index < -0.39 is 0 Å². The van der Waals surface area contributed by atoms with Crippen LogP contribution in [0.1, 0.15) is 23.9 Å². The number of H-pyrrole nitrogens is 1. The van der Waals surface area contributed by atoms with Crippen LogP contribution in [-0.4, -0.2) is 34.9 Å². The fourth-order valence-corrected chi connectivity index (χ4v) is 4.47. The van der Waals surface area contributed by atoms with E-state index in [1.807, 2.05) is 18.4 Å². The Balaban J connectivity index is 1.38. The van der Waals surface area contributed by atoms with Gasteiger partial charge < -0.3 is 13.8 Å². The Bertz CT molecular complexity index is 1300. The van der Waals surface area contributed by atoms with Crippen LogP contribution < -0.4 is 5.56 Å². The molecule has 0 saturated heterocycles. The largest absolute Gasteiger partial charge is 0.464 e. The molecule has 5 aromatic rings. The van der Waals surface area contributed by atoms with Gasteiger partial charge in [0.05, 0.1) is 16.9 Å². The van der Waals surface area contributed by atoms with Gasteiger partial charge in [-0.3, -0.25) is 4.79 Å². The van der Waals surface area contributed by atoms with Gasteiger partial charge in [0.25, 0.3) is 10.8 Å². The molecule has 0 radical (unpaired) electrons. The van der Waals surface area contributed by atoms with Crippen LogP contribution in [0.5, 0.6) is 0 Å². The summed E-state index contributed by atoms with van der Waals surface area (Å²) < 4.78 is 12.7. The number of rotatable bonds is 6. The standard InChI is InChI=1S/C17H13N7O3S2/c1-9(29-17-23-22-12(27-17)5-24-8-18-7-19-24)14-20-15(25)13-10(6-28-16(13)21-14)11-3-2-4-26-11/h2-4,6-9H,5H2,1H3,(H,20,21,25). The summed E-state index contributed by atoms with van der Waals surface area (Å²) in [7, 11) is 0. The molecule has 1 unspecified atom stereocenters. The van der Waals surface area contributed by atoms with Crippen molar-refractivity contribution in [3.63, 3.8) is 0 Å². The molecule has 0 aliphatic heterocycles. The molecular weight excluding hydrogens is 414 g/mol. The first-order valence-corrected chi connectivity index (χ1v) is 10.3. The van der Waals surface area contributed by atoms with E-state index >= 15 is 0 Å². The first-order chi connectivity index (χ1) is 14.2. The SMILES string of the molecule is CC(Sc1nnc(Cn2cncn2)o1)c1nc2scc(-c3ccco3)c2c(=O)[nH]1. The lowest BCUT2D eigenvalue weighted by Gasteiger charge is -2.07. The highest BCUT2D eigenvalue weighted by Crippen LogP contribution is 2.35. The third kappa shape index (κ3) is 3.47. The number of hydrogen-bond donors (Lipinski definition) is 1. The molecule has 29 heavy (non-hydrogen) atoms. The lowest BCUT2D eigenvalue weighted by molar-refractivity contribution is 0.397. The molecule has 0 spiro atoms. The van der Waals surface area contributed by atoms with Crippen LogP contribution in [0.25, 0.3) is 21.5 Å². The molecule has 5 heterocycles. The second kappa shape index (κ2) is 7.29. The van der Waals surface area contributed by atoms with Gasteiger partial charge in [0.2, 0.25) is 5.89 Å². The van der Waals surface area contributed by atoms with Crippen molar-refractivity contribution >= 4 is 33.3 Å². The van der Waals surface area contributed by atoms with E-state index in [-0.39, 0.29) is 10.8 Å². The summed E-state index contributed by atoms with van der Waals surface area (Å²) in [6.07, 6.45) is 4.59. The number of furan rings is 1. The van der Waals surface area contributed by atoms with Crippen LogP contribution in [-0.2, 0) is 6.54 Å². The minimum absolute atomic E-state index is 0.194. The number of hydrogen-bond acceptors (Lipinski definition) is 10. The number of nitrogens with one attached hydrogen (secondary N) is 1. The predicted molar refractivity (Wildman–Crippen MR) is 106 cm³/mol. The Morgan fingerprint density at radius 2 is 2.31 bits per heavy atom. The first-order valence-electron chi connectivity index (χ1n) is 8.54. The second-order valence-electron chi connectivity index (χ2n) is 6.07. The van der Waals surface area contributed by atoms with Crippen molar-refractivity contribution < 1.29 is 8.83 Å². The van der Waals surface area contributed by atoms with Gasteiger partial charge in [0.1, 0.15) is 35.6 Å². The Kier molecular flexibility index (Phi) is 4.48. The average Bonchev–Trinajstić information content (AvgIpc) is 3.49. The molecule has 5 aromatic heterocycles. The van der Waals surface area contributed by atoms with Crippen molar-refractivity contribution in [2.24, 2.45) is 0 Å². The summed E-state index contributed by atoms with van der Waals surface area (Å²) in [6, 6.07) is 3.61. The van der Waals surface area contributed by atoms with Gasteiger partial charge in [-0.05, 0) is 19.1 Å². The van der Waals surface area contributed by atoms with Gasteiger partial charge in [0.15, 0.2) is 0 Å². The fraction of sp³-hybridized carbons (Fsp3) is 0.176. The van der Waals surface area contributed by atoms with Gasteiger partial charge in [0, 0.05) is 10.9 Å². The third-order valence-corrected chi connectivity index (χ3v) is 5.94. The van der Waals surface area contributed by atoms with E-state index in [1.165, 1.54) is 29.4 Å². The summed E-state index contributed by atoms with van der Waals surface area (Å²) in [5.74, 6) is 1.60. The highest BCUT2D eigenvalue weighted by atomic mass is 32.2. The highest BCUT2D eigenvalue weighted by molar-refractivity contribution is 7.99. The molecular formula is C17H13N7O3S2. The highest BCUT2D eigenvalue weighted by Gasteiger charge is 2.19. The van der Waals surface area contributed by atoms with E-state index in [9.17, 15) is 4.79 Å². The molecule has 0 aliphatic carbocycles. The van der Waals surface area contributed by atoms with E-state index in [4.69, 9.17) is 8.83 Å². The molecule has 10 nitrogen and oxygen atoms in total. The molecule has 12 heteroatoms. The predicted octanol–water partition coefficient (Wildman–Crippen LogP) is 3.12. The van der Waals surface area contributed by atoms with Crippen LogP contribution in [0.15, 0.2) is 55.3 Å². The monoisotopic (exact) mass is 427 g/mol. The minimum Gasteiger partial charge on any atom is -0.464 e. The number of aromatic nitrogens is 7. The molecule has 0 bridgehead atoms. The maximum Gasteiger partial charge on any atom is 0.277 e. The van der Waals surface area contributed by atoms with Gasteiger partial charge in [-0.15, -0.1) is 21.5 Å². The fourth-order valence-electron chi connectivity index (χ4n) is 2.78. The molecule has 146 valence electrons. The quantitative estimate of drug-likeness (QED) is 0.406. The summed E-state index contributed by atoms with van der Waals surface area (Å²) in [4.78, 5) is 24.7. The lowest BCUT2D eigenvalue weighted by Crippen LogP contribution is -2.12. The molecule has 0 amide bonds.